The number of carbonyl (C=O) groups excluding carboxylic acids is 1. The SMILES string of the molecule is COC(=O)Nc1ccc(S(=O)(=O)NC[C@](O)(c2ccccc2)C2CC2)cc1. The molecule has 8 heteroatoms. The zero-order valence-electron chi connectivity index (χ0n) is 14.9. The number of amides is 1. The third-order valence-corrected chi connectivity index (χ3v) is 6.07. The molecule has 144 valence electrons. The second-order valence-electron chi connectivity index (χ2n) is 6.53. The Balaban J connectivity index is 1.73. The Labute approximate surface area is 158 Å². The molecule has 1 saturated carbocycles. The number of aliphatic hydroxyl groups is 1. The van der Waals surface area contributed by atoms with Crippen LogP contribution in [0.5, 0.6) is 0 Å². The molecule has 3 N–H and O–H groups in total. The topological polar surface area (TPSA) is 105 Å². The molecule has 7 nitrogen and oxygen atoms in total. The predicted molar refractivity (Wildman–Crippen MR) is 101 cm³/mol. The van der Waals surface area contributed by atoms with Gasteiger partial charge in [0.15, 0.2) is 0 Å². The Morgan fingerprint density at radius 2 is 1.78 bits per heavy atom. The van der Waals surface area contributed by atoms with E-state index in [4.69, 9.17) is 0 Å². The van der Waals surface area contributed by atoms with Crippen LogP contribution in [-0.2, 0) is 20.4 Å². The van der Waals surface area contributed by atoms with Gasteiger partial charge in [-0.25, -0.2) is 17.9 Å². The summed E-state index contributed by atoms with van der Waals surface area (Å²) in [4.78, 5) is 11.2. The third kappa shape index (κ3) is 4.47. The first-order valence-corrected chi connectivity index (χ1v) is 10.1. The van der Waals surface area contributed by atoms with E-state index in [1.54, 1.807) is 12.1 Å². The van der Waals surface area contributed by atoms with Gasteiger partial charge < -0.3 is 9.84 Å². The summed E-state index contributed by atoms with van der Waals surface area (Å²) in [7, 11) is -2.57. The lowest BCUT2D eigenvalue weighted by atomic mass is 9.89. The number of benzene rings is 2. The molecule has 2 aromatic carbocycles. The van der Waals surface area contributed by atoms with E-state index in [0.717, 1.165) is 12.8 Å². The summed E-state index contributed by atoms with van der Waals surface area (Å²) >= 11 is 0. The monoisotopic (exact) mass is 390 g/mol. The fourth-order valence-corrected chi connectivity index (χ4v) is 4.02. The summed E-state index contributed by atoms with van der Waals surface area (Å²) in [5.41, 5.74) is -0.117. The summed E-state index contributed by atoms with van der Waals surface area (Å²) in [6, 6.07) is 14.8. The fourth-order valence-electron chi connectivity index (χ4n) is 2.94. The molecule has 2 aromatic rings. The van der Waals surface area contributed by atoms with Crippen molar-refractivity contribution in [3.63, 3.8) is 0 Å². The van der Waals surface area contributed by atoms with E-state index in [-0.39, 0.29) is 17.4 Å². The average Bonchev–Trinajstić information content (AvgIpc) is 3.53. The number of sulfonamides is 1. The first-order chi connectivity index (χ1) is 12.8. The Morgan fingerprint density at radius 3 is 2.33 bits per heavy atom. The number of methoxy groups -OCH3 is 1. The van der Waals surface area contributed by atoms with Crippen LogP contribution in [0.3, 0.4) is 0 Å². The van der Waals surface area contributed by atoms with Crippen LogP contribution in [0, 0.1) is 5.92 Å². The standard InChI is InChI=1S/C19H22N2O5S/c1-26-18(22)21-16-9-11-17(12-10-16)27(24,25)20-13-19(23,15-7-8-15)14-5-3-2-4-6-14/h2-6,9-12,15,20,23H,7-8,13H2,1H3,(H,21,22)/t19-/m0/s1. The average molecular weight is 390 g/mol. The molecule has 1 fully saturated rings. The zero-order valence-corrected chi connectivity index (χ0v) is 15.7. The van der Waals surface area contributed by atoms with Crippen molar-refractivity contribution in [1.29, 1.82) is 0 Å². The Kier molecular flexibility index (Phi) is 5.50. The molecule has 1 aliphatic carbocycles. The molecule has 1 atom stereocenters. The quantitative estimate of drug-likeness (QED) is 0.674. The minimum absolute atomic E-state index is 0.0363. The summed E-state index contributed by atoms with van der Waals surface area (Å²) in [6.07, 6.45) is 1.09. The highest BCUT2D eigenvalue weighted by molar-refractivity contribution is 7.89. The van der Waals surface area contributed by atoms with E-state index in [0.29, 0.717) is 11.3 Å². The van der Waals surface area contributed by atoms with Crippen LogP contribution in [0.1, 0.15) is 18.4 Å². The van der Waals surface area contributed by atoms with Crippen LogP contribution in [0.15, 0.2) is 59.5 Å². The van der Waals surface area contributed by atoms with Gasteiger partial charge in [-0.05, 0) is 48.6 Å². The van der Waals surface area contributed by atoms with Gasteiger partial charge >= 0.3 is 6.09 Å². The van der Waals surface area contributed by atoms with Crippen molar-refractivity contribution in [2.24, 2.45) is 5.92 Å². The van der Waals surface area contributed by atoms with E-state index < -0.39 is 21.7 Å². The number of ether oxygens (including phenoxy) is 1. The lowest BCUT2D eigenvalue weighted by Crippen LogP contribution is -2.42. The molecule has 0 unspecified atom stereocenters. The zero-order chi connectivity index (χ0) is 19.5. The molecule has 0 spiro atoms. The molecular formula is C19H22N2O5S. The minimum atomic E-state index is -3.81. The maximum Gasteiger partial charge on any atom is 0.411 e. The van der Waals surface area contributed by atoms with Gasteiger partial charge in [-0.1, -0.05) is 30.3 Å². The van der Waals surface area contributed by atoms with Crippen LogP contribution in [0.4, 0.5) is 10.5 Å². The van der Waals surface area contributed by atoms with Crippen molar-refractivity contribution < 1.29 is 23.1 Å². The third-order valence-electron chi connectivity index (χ3n) is 4.65. The second kappa shape index (κ2) is 7.67. The van der Waals surface area contributed by atoms with Gasteiger partial charge in [0.25, 0.3) is 0 Å². The molecule has 0 aliphatic heterocycles. The van der Waals surface area contributed by atoms with E-state index in [1.807, 2.05) is 18.2 Å². The predicted octanol–water partition coefficient (Wildman–Crippen LogP) is 2.44. The first-order valence-electron chi connectivity index (χ1n) is 8.58. The summed E-state index contributed by atoms with van der Waals surface area (Å²) in [5.74, 6) is 0.0363. The van der Waals surface area contributed by atoms with E-state index in [2.05, 4.69) is 14.8 Å². The van der Waals surface area contributed by atoms with Crippen LogP contribution in [0.2, 0.25) is 0 Å². The van der Waals surface area contributed by atoms with E-state index >= 15 is 0 Å². The number of rotatable bonds is 7. The van der Waals surface area contributed by atoms with E-state index in [1.165, 1.54) is 31.4 Å². The van der Waals surface area contributed by atoms with Crippen molar-refractivity contribution >= 4 is 21.8 Å². The smallest absolute Gasteiger partial charge is 0.411 e. The summed E-state index contributed by atoms with van der Waals surface area (Å²) in [5, 5.41) is 13.6. The molecule has 0 aromatic heterocycles. The van der Waals surface area contributed by atoms with Gasteiger partial charge in [-0.15, -0.1) is 0 Å². The van der Waals surface area contributed by atoms with Crippen molar-refractivity contribution in [3.05, 3.63) is 60.2 Å². The van der Waals surface area contributed by atoms with Crippen molar-refractivity contribution in [2.45, 2.75) is 23.3 Å². The summed E-state index contributed by atoms with van der Waals surface area (Å²) in [6.45, 7) is -0.105. The molecule has 0 bridgehead atoms. The highest BCUT2D eigenvalue weighted by Gasteiger charge is 2.45. The highest BCUT2D eigenvalue weighted by atomic mass is 32.2. The minimum Gasteiger partial charge on any atom is -0.453 e. The molecular weight excluding hydrogens is 368 g/mol. The first kappa shape index (κ1) is 19.3. The van der Waals surface area contributed by atoms with Crippen LogP contribution >= 0.6 is 0 Å². The van der Waals surface area contributed by atoms with Crippen molar-refractivity contribution in [1.82, 2.24) is 4.72 Å². The molecule has 27 heavy (non-hydrogen) atoms. The number of carbonyl (C=O) groups is 1. The number of anilines is 1. The molecule has 3 rings (SSSR count). The maximum absolute atomic E-state index is 12.6. The number of hydrogen-bond acceptors (Lipinski definition) is 5. The highest BCUT2D eigenvalue weighted by Crippen LogP contribution is 2.45. The molecule has 1 amide bonds. The lowest BCUT2D eigenvalue weighted by Gasteiger charge is -2.29. The van der Waals surface area contributed by atoms with E-state index in [9.17, 15) is 18.3 Å². The normalized spacial score (nSPS) is 16.4. The maximum atomic E-state index is 12.6. The second-order valence-corrected chi connectivity index (χ2v) is 8.30. The molecule has 0 saturated heterocycles. The van der Waals surface area contributed by atoms with Gasteiger partial charge in [0, 0.05) is 12.2 Å². The van der Waals surface area contributed by atoms with Gasteiger partial charge in [-0.3, -0.25) is 5.32 Å². The molecule has 1 aliphatic rings. The fraction of sp³-hybridized carbons (Fsp3) is 0.316. The van der Waals surface area contributed by atoms with Gasteiger partial charge in [0.1, 0.15) is 5.60 Å². The van der Waals surface area contributed by atoms with Gasteiger partial charge in [0.05, 0.1) is 12.0 Å². The van der Waals surface area contributed by atoms with Crippen LogP contribution < -0.4 is 10.0 Å². The lowest BCUT2D eigenvalue weighted by molar-refractivity contribution is 0.0185. The van der Waals surface area contributed by atoms with Gasteiger partial charge in [0.2, 0.25) is 10.0 Å². The molecule has 0 heterocycles. The Bertz CT molecular complexity index is 895. The Morgan fingerprint density at radius 1 is 1.15 bits per heavy atom. The number of nitrogens with one attached hydrogen (secondary N) is 2. The number of hydrogen-bond donors (Lipinski definition) is 3. The molecule has 0 radical (unpaired) electrons. The van der Waals surface area contributed by atoms with Crippen LogP contribution in [0.25, 0.3) is 0 Å². The summed E-state index contributed by atoms with van der Waals surface area (Å²) < 4.78 is 32.2. The van der Waals surface area contributed by atoms with Crippen LogP contribution in [-0.4, -0.2) is 33.3 Å². The van der Waals surface area contributed by atoms with Crippen molar-refractivity contribution in [2.75, 3.05) is 19.0 Å². The largest absolute Gasteiger partial charge is 0.453 e. The van der Waals surface area contributed by atoms with Crippen molar-refractivity contribution in [3.8, 4) is 0 Å². The van der Waals surface area contributed by atoms with Gasteiger partial charge in [-0.2, -0.15) is 0 Å². The Hall–Kier alpha value is -2.42.